The van der Waals surface area contributed by atoms with Gasteiger partial charge in [0.25, 0.3) is 0 Å². The summed E-state index contributed by atoms with van der Waals surface area (Å²) in [6, 6.07) is 5.57. The molecule has 0 aliphatic heterocycles. The first-order chi connectivity index (χ1) is 11.5. The second kappa shape index (κ2) is 8.40. The van der Waals surface area contributed by atoms with Crippen molar-refractivity contribution in [2.45, 2.75) is 65.8 Å². The van der Waals surface area contributed by atoms with Crippen LogP contribution in [-0.4, -0.2) is 17.4 Å². The number of benzene rings is 1. The highest BCUT2D eigenvalue weighted by Gasteiger charge is 2.37. The quantitative estimate of drug-likeness (QED) is 0.731. The van der Waals surface area contributed by atoms with E-state index < -0.39 is 11.0 Å². The molecule has 2 atom stereocenters. The lowest BCUT2D eigenvalue weighted by atomic mass is 9.74. The Morgan fingerprint density at radius 1 is 1.19 bits per heavy atom. The van der Waals surface area contributed by atoms with Crippen molar-refractivity contribution in [3.05, 3.63) is 23.8 Å². The molecule has 2 amide bonds. The summed E-state index contributed by atoms with van der Waals surface area (Å²) in [6.45, 7) is 9.50. The van der Waals surface area contributed by atoms with Crippen molar-refractivity contribution in [3.63, 3.8) is 0 Å². The van der Waals surface area contributed by atoms with Gasteiger partial charge in [0.2, 0.25) is 11.8 Å². The van der Waals surface area contributed by atoms with Gasteiger partial charge in [-0.3, -0.25) is 9.59 Å². The number of hydrogen-bond donors (Lipinski definition) is 3. The molecule has 0 heterocycles. The first kappa shape index (κ1) is 22.5. The lowest BCUT2D eigenvalue weighted by Gasteiger charge is -2.37. The third-order valence-electron chi connectivity index (χ3n) is 5.01. The zero-order valence-electron chi connectivity index (χ0n) is 16.4. The zero-order valence-corrected chi connectivity index (χ0v) is 17.3. The number of hydrogen-bond acceptors (Lipinski definition) is 3. The first-order valence-corrected chi connectivity index (χ1v) is 9.02. The predicted molar refractivity (Wildman–Crippen MR) is 110 cm³/mol. The maximum absolute atomic E-state index is 12.7. The Hall–Kier alpha value is -1.59. The van der Waals surface area contributed by atoms with Crippen molar-refractivity contribution in [2.75, 3.05) is 10.6 Å². The van der Waals surface area contributed by atoms with Crippen LogP contribution >= 0.6 is 12.4 Å². The first-order valence-electron chi connectivity index (χ1n) is 9.02. The molecule has 1 aromatic carbocycles. The smallest absolute Gasteiger partial charge is 0.229 e. The molecule has 26 heavy (non-hydrogen) atoms. The average Bonchev–Trinajstić information content (AvgIpc) is 2.49. The summed E-state index contributed by atoms with van der Waals surface area (Å²) in [7, 11) is 0. The Morgan fingerprint density at radius 2 is 1.85 bits per heavy atom. The average molecular weight is 382 g/mol. The van der Waals surface area contributed by atoms with Crippen LogP contribution in [0.4, 0.5) is 11.4 Å². The number of aryl methyl sites for hydroxylation is 1. The molecule has 5 nitrogen and oxygen atoms in total. The van der Waals surface area contributed by atoms with Crippen molar-refractivity contribution in [3.8, 4) is 0 Å². The van der Waals surface area contributed by atoms with Gasteiger partial charge in [-0.15, -0.1) is 12.4 Å². The molecule has 6 heteroatoms. The summed E-state index contributed by atoms with van der Waals surface area (Å²) in [5, 5.41) is 5.92. The van der Waals surface area contributed by atoms with Gasteiger partial charge in [0, 0.05) is 22.3 Å². The normalized spacial score (nSPS) is 22.9. The van der Waals surface area contributed by atoms with Gasteiger partial charge in [0.15, 0.2) is 0 Å². The zero-order chi connectivity index (χ0) is 18.8. The monoisotopic (exact) mass is 381 g/mol. The van der Waals surface area contributed by atoms with E-state index >= 15 is 0 Å². The fraction of sp³-hybridized carbons (Fsp3) is 0.600. The highest BCUT2D eigenvalue weighted by atomic mass is 35.5. The van der Waals surface area contributed by atoms with E-state index in [1.165, 1.54) is 0 Å². The molecule has 4 N–H and O–H groups in total. The Balaban J connectivity index is 0.00000338. The Bertz CT molecular complexity index is 666. The van der Waals surface area contributed by atoms with Crippen LogP contribution in [0.2, 0.25) is 0 Å². The van der Waals surface area contributed by atoms with Gasteiger partial charge in [-0.2, -0.15) is 0 Å². The van der Waals surface area contributed by atoms with E-state index in [1.54, 1.807) is 0 Å². The maximum Gasteiger partial charge on any atom is 0.229 e. The molecule has 1 fully saturated rings. The predicted octanol–water partition coefficient (Wildman–Crippen LogP) is 4.25. The van der Waals surface area contributed by atoms with Gasteiger partial charge < -0.3 is 16.4 Å². The number of anilines is 2. The van der Waals surface area contributed by atoms with Gasteiger partial charge in [0.1, 0.15) is 0 Å². The lowest BCUT2D eigenvalue weighted by molar-refractivity contribution is -0.123. The molecule has 1 saturated carbocycles. The summed E-state index contributed by atoms with van der Waals surface area (Å²) < 4.78 is 0. The van der Waals surface area contributed by atoms with Crippen molar-refractivity contribution in [2.24, 2.45) is 17.1 Å². The summed E-state index contributed by atoms with van der Waals surface area (Å²) in [5.41, 5.74) is 7.74. The third kappa shape index (κ3) is 5.45. The number of rotatable bonds is 3. The molecule has 0 aromatic heterocycles. The highest BCUT2D eigenvalue weighted by molar-refractivity contribution is 5.97. The highest BCUT2D eigenvalue weighted by Crippen LogP contribution is 2.33. The molecular weight excluding hydrogens is 350 g/mol. The largest absolute Gasteiger partial charge is 0.326 e. The molecule has 146 valence electrons. The van der Waals surface area contributed by atoms with Gasteiger partial charge in [-0.1, -0.05) is 39.7 Å². The van der Waals surface area contributed by atoms with E-state index in [1.807, 2.05) is 52.8 Å². The van der Waals surface area contributed by atoms with Gasteiger partial charge in [0.05, 0.1) is 5.92 Å². The SMILES string of the molecule is Cc1ccc(NC(=O)C2CCCCC2(C)N)cc1NC(=O)C(C)(C)C.Cl. The number of halogens is 1. The van der Waals surface area contributed by atoms with Crippen molar-refractivity contribution < 1.29 is 9.59 Å². The molecule has 0 saturated heterocycles. The second-order valence-corrected chi connectivity index (χ2v) is 8.53. The standard InChI is InChI=1S/C20H31N3O2.ClH/c1-13-9-10-14(12-16(13)23-18(25)19(2,3)4)22-17(24)15-8-6-7-11-20(15,5)21;/h9-10,12,15H,6-8,11,21H2,1-5H3,(H,22,24)(H,23,25);1H. The molecule has 0 spiro atoms. The number of nitrogens with one attached hydrogen (secondary N) is 2. The number of carbonyl (C=O) groups is 2. The Morgan fingerprint density at radius 3 is 2.42 bits per heavy atom. The maximum atomic E-state index is 12.7. The fourth-order valence-corrected chi connectivity index (χ4v) is 3.16. The van der Waals surface area contributed by atoms with Crippen LogP contribution in [0.15, 0.2) is 18.2 Å². The van der Waals surface area contributed by atoms with E-state index in [-0.39, 0.29) is 30.1 Å². The van der Waals surface area contributed by atoms with Crippen molar-refractivity contribution in [1.82, 2.24) is 0 Å². The van der Waals surface area contributed by atoms with E-state index in [0.717, 1.165) is 36.9 Å². The van der Waals surface area contributed by atoms with Gasteiger partial charge >= 0.3 is 0 Å². The Labute approximate surface area is 162 Å². The summed E-state index contributed by atoms with van der Waals surface area (Å²) in [5.74, 6) is -0.280. The summed E-state index contributed by atoms with van der Waals surface area (Å²) >= 11 is 0. The molecule has 0 bridgehead atoms. The van der Waals surface area contributed by atoms with Crippen LogP contribution in [0.25, 0.3) is 0 Å². The second-order valence-electron chi connectivity index (χ2n) is 8.53. The summed E-state index contributed by atoms with van der Waals surface area (Å²) in [6.07, 6.45) is 3.79. The van der Waals surface area contributed by atoms with Crippen LogP contribution in [0.1, 0.15) is 58.9 Å². The minimum Gasteiger partial charge on any atom is -0.326 e. The minimum absolute atomic E-state index is 0. The van der Waals surface area contributed by atoms with E-state index in [9.17, 15) is 9.59 Å². The molecule has 1 aliphatic rings. The molecule has 2 unspecified atom stereocenters. The number of carbonyl (C=O) groups excluding carboxylic acids is 2. The van der Waals surface area contributed by atoms with Crippen LogP contribution in [0.5, 0.6) is 0 Å². The lowest BCUT2D eigenvalue weighted by Crippen LogP contribution is -2.51. The number of amides is 2. The van der Waals surface area contributed by atoms with Crippen molar-refractivity contribution in [1.29, 1.82) is 0 Å². The topological polar surface area (TPSA) is 84.2 Å². The van der Waals surface area contributed by atoms with E-state index in [2.05, 4.69) is 10.6 Å². The van der Waals surface area contributed by atoms with Crippen LogP contribution in [0, 0.1) is 18.3 Å². The van der Waals surface area contributed by atoms with E-state index in [4.69, 9.17) is 5.73 Å². The molecular formula is C20H32ClN3O2. The molecule has 1 aliphatic carbocycles. The molecule has 1 aromatic rings. The summed E-state index contributed by atoms with van der Waals surface area (Å²) in [4.78, 5) is 24.9. The number of nitrogens with two attached hydrogens (primary N) is 1. The van der Waals surface area contributed by atoms with Crippen LogP contribution in [-0.2, 0) is 9.59 Å². The Kier molecular flexibility index (Phi) is 7.25. The fourth-order valence-electron chi connectivity index (χ4n) is 3.16. The third-order valence-corrected chi connectivity index (χ3v) is 5.01. The van der Waals surface area contributed by atoms with Gasteiger partial charge in [-0.05, 0) is 44.4 Å². The van der Waals surface area contributed by atoms with Crippen molar-refractivity contribution >= 4 is 35.6 Å². The molecule has 0 radical (unpaired) electrons. The van der Waals surface area contributed by atoms with Crippen LogP contribution < -0.4 is 16.4 Å². The van der Waals surface area contributed by atoms with E-state index in [0.29, 0.717) is 5.69 Å². The van der Waals surface area contributed by atoms with Gasteiger partial charge in [-0.25, -0.2) is 0 Å². The molecule has 2 rings (SSSR count). The minimum atomic E-state index is -0.477. The van der Waals surface area contributed by atoms with Crippen LogP contribution in [0.3, 0.4) is 0 Å².